The third-order valence-electron chi connectivity index (χ3n) is 2.25. The number of hydrogen-bond acceptors (Lipinski definition) is 4. The minimum absolute atomic E-state index is 0.0495. The number of nitrogens with one attached hydrogen (secondary N) is 1. The van der Waals surface area contributed by atoms with Crippen LogP contribution in [-0.2, 0) is 16.9 Å². The molecule has 6 heteroatoms. The van der Waals surface area contributed by atoms with E-state index in [0.29, 0.717) is 6.42 Å². The van der Waals surface area contributed by atoms with E-state index in [0.717, 1.165) is 5.56 Å². The zero-order valence-electron chi connectivity index (χ0n) is 9.27. The molecule has 0 aromatic carbocycles. The van der Waals surface area contributed by atoms with Gasteiger partial charge in [0.05, 0.1) is 11.9 Å². The van der Waals surface area contributed by atoms with Crippen LogP contribution in [0.15, 0.2) is 12.4 Å². The first-order valence-corrected chi connectivity index (χ1v) is 6.82. The molecule has 0 aliphatic carbocycles. The van der Waals surface area contributed by atoms with Gasteiger partial charge in [-0.3, -0.25) is 4.68 Å². The Kier molecular flexibility index (Phi) is 3.87. The molecular formula is C9H17N3O2S. The van der Waals surface area contributed by atoms with Gasteiger partial charge >= 0.3 is 0 Å². The Bertz CT molecular complexity index is 411. The topological polar surface area (TPSA) is 64.0 Å². The molecule has 1 rings (SSSR count). The summed E-state index contributed by atoms with van der Waals surface area (Å²) in [6.45, 7) is 0. The van der Waals surface area contributed by atoms with E-state index >= 15 is 0 Å². The molecule has 15 heavy (non-hydrogen) atoms. The summed E-state index contributed by atoms with van der Waals surface area (Å²) in [5.74, 6) is 0.188. The molecule has 1 aromatic heterocycles. The van der Waals surface area contributed by atoms with Crippen molar-refractivity contribution < 1.29 is 8.42 Å². The Morgan fingerprint density at radius 1 is 1.60 bits per heavy atom. The molecule has 0 radical (unpaired) electrons. The highest BCUT2D eigenvalue weighted by atomic mass is 32.2. The second-order valence-electron chi connectivity index (χ2n) is 3.71. The van der Waals surface area contributed by atoms with Crippen LogP contribution < -0.4 is 5.32 Å². The van der Waals surface area contributed by atoms with Gasteiger partial charge in [-0.05, 0) is 13.5 Å². The fraction of sp³-hybridized carbons (Fsp3) is 0.667. The molecule has 0 aliphatic rings. The van der Waals surface area contributed by atoms with Crippen LogP contribution in [-0.4, -0.2) is 37.3 Å². The summed E-state index contributed by atoms with van der Waals surface area (Å²) in [6, 6.07) is 0.0495. The molecule has 5 nitrogen and oxygen atoms in total. The lowest BCUT2D eigenvalue weighted by atomic mass is 10.1. The van der Waals surface area contributed by atoms with Gasteiger partial charge in [0.1, 0.15) is 9.84 Å². The highest BCUT2D eigenvalue weighted by molar-refractivity contribution is 7.90. The number of sulfone groups is 1. The first-order chi connectivity index (χ1) is 6.92. The Labute approximate surface area is 90.4 Å². The third-order valence-corrected chi connectivity index (χ3v) is 3.23. The number of hydrogen-bond donors (Lipinski definition) is 1. The lowest BCUT2D eigenvalue weighted by molar-refractivity contribution is 0.558. The van der Waals surface area contributed by atoms with Crippen molar-refractivity contribution in [3.8, 4) is 0 Å². The lowest BCUT2D eigenvalue weighted by Gasteiger charge is -2.13. The zero-order chi connectivity index (χ0) is 11.5. The summed E-state index contributed by atoms with van der Waals surface area (Å²) in [5, 5.41) is 7.14. The summed E-state index contributed by atoms with van der Waals surface area (Å²) in [6.07, 6.45) is 5.47. The van der Waals surface area contributed by atoms with Gasteiger partial charge < -0.3 is 5.32 Å². The molecule has 1 heterocycles. The predicted molar refractivity (Wildman–Crippen MR) is 59.3 cm³/mol. The molecule has 1 N–H and O–H groups in total. The van der Waals surface area contributed by atoms with E-state index in [2.05, 4.69) is 10.4 Å². The fourth-order valence-corrected chi connectivity index (χ4v) is 2.09. The van der Waals surface area contributed by atoms with Crippen molar-refractivity contribution in [3.05, 3.63) is 18.0 Å². The Morgan fingerprint density at radius 2 is 2.27 bits per heavy atom. The van der Waals surface area contributed by atoms with Crippen LogP contribution >= 0.6 is 0 Å². The average molecular weight is 231 g/mol. The second-order valence-corrected chi connectivity index (χ2v) is 5.97. The Hall–Kier alpha value is -0.880. The number of rotatable bonds is 5. The van der Waals surface area contributed by atoms with Crippen molar-refractivity contribution in [2.24, 2.45) is 7.05 Å². The third kappa shape index (κ3) is 4.01. The summed E-state index contributed by atoms with van der Waals surface area (Å²) >= 11 is 0. The van der Waals surface area contributed by atoms with Gasteiger partial charge in [0, 0.05) is 31.1 Å². The minimum atomic E-state index is -2.90. The molecule has 0 fully saturated rings. The van der Waals surface area contributed by atoms with Crippen molar-refractivity contribution in [1.82, 2.24) is 15.1 Å². The van der Waals surface area contributed by atoms with E-state index in [4.69, 9.17) is 0 Å². The van der Waals surface area contributed by atoms with E-state index in [1.807, 2.05) is 20.3 Å². The highest BCUT2D eigenvalue weighted by Crippen LogP contribution is 2.15. The van der Waals surface area contributed by atoms with Crippen molar-refractivity contribution in [3.63, 3.8) is 0 Å². The van der Waals surface area contributed by atoms with Gasteiger partial charge in [0.25, 0.3) is 0 Å². The molecule has 86 valence electrons. The lowest BCUT2D eigenvalue weighted by Crippen LogP contribution is -2.19. The maximum atomic E-state index is 11.0. The van der Waals surface area contributed by atoms with Crippen LogP contribution in [0, 0.1) is 0 Å². The summed E-state index contributed by atoms with van der Waals surface area (Å²) in [5.41, 5.74) is 1.02. The molecule has 1 aromatic rings. The van der Waals surface area contributed by atoms with E-state index < -0.39 is 9.84 Å². The fourth-order valence-electron chi connectivity index (χ4n) is 1.43. The largest absolute Gasteiger partial charge is 0.313 e. The van der Waals surface area contributed by atoms with Crippen molar-refractivity contribution in [2.45, 2.75) is 12.5 Å². The highest BCUT2D eigenvalue weighted by Gasteiger charge is 2.13. The SMILES string of the molecule is CNC(CCS(C)(=O)=O)c1cnn(C)c1. The van der Waals surface area contributed by atoms with E-state index in [1.54, 1.807) is 10.9 Å². The van der Waals surface area contributed by atoms with E-state index in [9.17, 15) is 8.42 Å². The zero-order valence-corrected chi connectivity index (χ0v) is 10.1. The number of aromatic nitrogens is 2. The van der Waals surface area contributed by atoms with Gasteiger partial charge in [-0.25, -0.2) is 8.42 Å². The summed E-state index contributed by atoms with van der Waals surface area (Å²) in [4.78, 5) is 0. The molecule has 0 saturated carbocycles. The standard InChI is InChI=1S/C9H17N3O2S/c1-10-9(4-5-15(3,13)14)8-6-11-12(2)7-8/h6-7,9-10H,4-5H2,1-3H3. The summed E-state index contributed by atoms with van der Waals surface area (Å²) in [7, 11) is 0.762. The molecular weight excluding hydrogens is 214 g/mol. The normalized spacial score (nSPS) is 14.1. The first kappa shape index (κ1) is 12.2. The van der Waals surface area contributed by atoms with E-state index in [1.165, 1.54) is 6.26 Å². The van der Waals surface area contributed by atoms with Gasteiger partial charge in [-0.15, -0.1) is 0 Å². The Balaban J connectivity index is 2.65. The van der Waals surface area contributed by atoms with Gasteiger partial charge in [-0.1, -0.05) is 0 Å². The van der Waals surface area contributed by atoms with Crippen LogP contribution in [0.5, 0.6) is 0 Å². The Morgan fingerprint density at radius 3 is 2.67 bits per heavy atom. The molecule has 0 aliphatic heterocycles. The molecule has 0 spiro atoms. The average Bonchev–Trinajstić information content (AvgIpc) is 2.51. The first-order valence-electron chi connectivity index (χ1n) is 4.76. The van der Waals surface area contributed by atoms with Crippen molar-refractivity contribution >= 4 is 9.84 Å². The van der Waals surface area contributed by atoms with Crippen LogP contribution in [0.3, 0.4) is 0 Å². The van der Waals surface area contributed by atoms with Crippen molar-refractivity contribution in [1.29, 1.82) is 0 Å². The molecule has 1 atom stereocenters. The number of aryl methyl sites for hydroxylation is 1. The van der Waals surface area contributed by atoms with Crippen LogP contribution in [0.4, 0.5) is 0 Å². The maximum Gasteiger partial charge on any atom is 0.147 e. The second kappa shape index (κ2) is 4.76. The predicted octanol–water partition coefficient (Wildman–Crippen LogP) is 0.115. The number of nitrogens with zero attached hydrogens (tertiary/aromatic N) is 2. The molecule has 0 bridgehead atoms. The van der Waals surface area contributed by atoms with E-state index in [-0.39, 0.29) is 11.8 Å². The van der Waals surface area contributed by atoms with Crippen LogP contribution in [0.25, 0.3) is 0 Å². The van der Waals surface area contributed by atoms with Gasteiger partial charge in [0.15, 0.2) is 0 Å². The smallest absolute Gasteiger partial charge is 0.147 e. The molecule has 1 unspecified atom stereocenters. The maximum absolute atomic E-state index is 11.0. The molecule has 0 amide bonds. The van der Waals surface area contributed by atoms with Crippen LogP contribution in [0.2, 0.25) is 0 Å². The van der Waals surface area contributed by atoms with Crippen molar-refractivity contribution in [2.75, 3.05) is 19.1 Å². The van der Waals surface area contributed by atoms with Gasteiger partial charge in [0.2, 0.25) is 0 Å². The molecule has 0 saturated heterocycles. The van der Waals surface area contributed by atoms with Crippen LogP contribution in [0.1, 0.15) is 18.0 Å². The monoisotopic (exact) mass is 231 g/mol. The summed E-state index contributed by atoms with van der Waals surface area (Å²) < 4.78 is 23.8. The minimum Gasteiger partial charge on any atom is -0.313 e. The van der Waals surface area contributed by atoms with Gasteiger partial charge in [-0.2, -0.15) is 5.10 Å². The quantitative estimate of drug-likeness (QED) is 0.781.